The topological polar surface area (TPSA) is 67.7 Å². The number of imidazole rings is 1. The Hall–Kier alpha value is -2.08. The van der Waals surface area contributed by atoms with E-state index in [-0.39, 0.29) is 12.1 Å². The van der Waals surface area contributed by atoms with Crippen molar-refractivity contribution in [3.63, 3.8) is 0 Å². The molecule has 0 aromatic carbocycles. The second-order valence-electron chi connectivity index (χ2n) is 7.27. The van der Waals surface area contributed by atoms with Gasteiger partial charge in [0.2, 0.25) is 0 Å². The highest BCUT2D eigenvalue weighted by Gasteiger charge is 2.36. The van der Waals surface area contributed by atoms with Gasteiger partial charge in [0.25, 0.3) is 0 Å². The Morgan fingerprint density at radius 2 is 2.28 bits per heavy atom. The molecule has 1 aliphatic carbocycles. The molecule has 2 aromatic rings. The number of ether oxygens (including phenoxy) is 1. The summed E-state index contributed by atoms with van der Waals surface area (Å²) in [7, 11) is 0. The molecule has 6 nitrogen and oxygen atoms in total. The molecule has 6 heteroatoms. The molecule has 2 fully saturated rings. The third-order valence-corrected chi connectivity index (χ3v) is 5.19. The molecule has 4 rings (SSSR count). The normalized spacial score (nSPS) is 23.6. The quantitative estimate of drug-likeness (QED) is 0.877. The number of nitrogens with one attached hydrogen (secondary N) is 2. The summed E-state index contributed by atoms with van der Waals surface area (Å²) >= 11 is 0. The van der Waals surface area contributed by atoms with Crippen LogP contribution in [-0.2, 0) is 11.2 Å². The van der Waals surface area contributed by atoms with Crippen LogP contribution in [-0.4, -0.2) is 40.7 Å². The standard InChI is InChI=1S/C19H26N4O2/c1-13-3-2-9-23-12-16(21-18(13)23)6-8-20-19(24)22-15-7-10-25-17(11-15)14-4-5-14/h2-3,9,12,14-15,17H,4-8,10-11H2,1H3,(H2,20,22,24)/t15-,17+/m1/s1. The van der Waals surface area contributed by atoms with Gasteiger partial charge in [0.15, 0.2) is 0 Å². The Morgan fingerprint density at radius 3 is 3.08 bits per heavy atom. The van der Waals surface area contributed by atoms with E-state index in [0.717, 1.165) is 48.7 Å². The lowest BCUT2D eigenvalue weighted by atomic mass is 10.0. The maximum absolute atomic E-state index is 12.1. The average Bonchev–Trinajstić information content (AvgIpc) is 3.36. The van der Waals surface area contributed by atoms with Gasteiger partial charge in [-0.2, -0.15) is 0 Å². The minimum absolute atomic E-state index is 0.0820. The highest BCUT2D eigenvalue weighted by atomic mass is 16.5. The van der Waals surface area contributed by atoms with E-state index in [4.69, 9.17) is 4.74 Å². The highest BCUT2D eigenvalue weighted by molar-refractivity contribution is 5.74. The molecule has 25 heavy (non-hydrogen) atoms. The van der Waals surface area contributed by atoms with Gasteiger partial charge in [0.05, 0.1) is 11.8 Å². The van der Waals surface area contributed by atoms with Gasteiger partial charge in [-0.05, 0) is 50.2 Å². The van der Waals surface area contributed by atoms with Crippen LogP contribution in [0.5, 0.6) is 0 Å². The van der Waals surface area contributed by atoms with E-state index in [1.54, 1.807) is 0 Å². The highest BCUT2D eigenvalue weighted by Crippen LogP contribution is 2.38. The van der Waals surface area contributed by atoms with Crippen molar-refractivity contribution in [2.45, 2.75) is 51.2 Å². The number of rotatable bonds is 5. The number of aryl methyl sites for hydroxylation is 1. The van der Waals surface area contributed by atoms with Crippen molar-refractivity contribution in [1.29, 1.82) is 0 Å². The fourth-order valence-electron chi connectivity index (χ4n) is 3.62. The van der Waals surface area contributed by atoms with E-state index < -0.39 is 0 Å². The zero-order chi connectivity index (χ0) is 17.2. The monoisotopic (exact) mass is 342 g/mol. The Kier molecular flexibility index (Phi) is 4.61. The molecule has 0 bridgehead atoms. The summed E-state index contributed by atoms with van der Waals surface area (Å²) in [6.45, 7) is 3.40. The first-order valence-electron chi connectivity index (χ1n) is 9.28. The average molecular weight is 342 g/mol. The van der Waals surface area contributed by atoms with Crippen LogP contribution in [0.25, 0.3) is 5.65 Å². The van der Waals surface area contributed by atoms with Gasteiger partial charge in [-0.15, -0.1) is 0 Å². The zero-order valence-corrected chi connectivity index (χ0v) is 14.7. The minimum Gasteiger partial charge on any atom is -0.378 e. The summed E-state index contributed by atoms with van der Waals surface area (Å²) in [5, 5.41) is 6.05. The molecule has 0 unspecified atom stereocenters. The van der Waals surface area contributed by atoms with Crippen LogP contribution < -0.4 is 10.6 Å². The van der Waals surface area contributed by atoms with E-state index in [9.17, 15) is 4.79 Å². The van der Waals surface area contributed by atoms with Gasteiger partial charge < -0.3 is 19.8 Å². The Morgan fingerprint density at radius 1 is 1.40 bits per heavy atom. The molecule has 0 radical (unpaired) electrons. The number of carbonyl (C=O) groups excluding carboxylic acids is 1. The molecule has 1 saturated heterocycles. The number of hydrogen-bond acceptors (Lipinski definition) is 3. The molecule has 3 heterocycles. The van der Waals surface area contributed by atoms with Crippen LogP contribution in [0, 0.1) is 12.8 Å². The Balaban J connectivity index is 1.23. The van der Waals surface area contributed by atoms with E-state index in [1.807, 2.05) is 22.9 Å². The van der Waals surface area contributed by atoms with Gasteiger partial charge in [-0.1, -0.05) is 6.07 Å². The predicted molar refractivity (Wildman–Crippen MR) is 95.7 cm³/mol. The zero-order valence-electron chi connectivity index (χ0n) is 14.7. The van der Waals surface area contributed by atoms with Crippen molar-refractivity contribution in [2.75, 3.05) is 13.2 Å². The minimum atomic E-state index is -0.0820. The number of amides is 2. The number of urea groups is 1. The van der Waals surface area contributed by atoms with Gasteiger partial charge in [-0.3, -0.25) is 0 Å². The second-order valence-corrected chi connectivity index (χ2v) is 7.27. The van der Waals surface area contributed by atoms with Gasteiger partial charge >= 0.3 is 6.03 Å². The molecular weight excluding hydrogens is 316 g/mol. The SMILES string of the molecule is Cc1cccn2cc(CCNC(=O)N[C@@H]3CCO[C@H](C4CC4)C3)nc12. The van der Waals surface area contributed by atoms with Crippen LogP contribution in [0.3, 0.4) is 0 Å². The smallest absolute Gasteiger partial charge is 0.315 e. The maximum Gasteiger partial charge on any atom is 0.315 e. The van der Waals surface area contributed by atoms with Crippen LogP contribution in [0.4, 0.5) is 4.79 Å². The summed E-state index contributed by atoms with van der Waals surface area (Å²) in [6, 6.07) is 4.22. The molecule has 134 valence electrons. The Bertz CT molecular complexity index is 753. The molecule has 1 aliphatic heterocycles. The van der Waals surface area contributed by atoms with Crippen molar-refractivity contribution in [2.24, 2.45) is 5.92 Å². The molecule has 0 spiro atoms. The molecule has 2 aromatic heterocycles. The van der Waals surface area contributed by atoms with Gasteiger partial charge in [-0.25, -0.2) is 9.78 Å². The number of carbonyl (C=O) groups is 1. The number of fused-ring (bicyclic) bond motifs is 1. The van der Waals surface area contributed by atoms with Crippen molar-refractivity contribution >= 4 is 11.7 Å². The fourth-order valence-corrected chi connectivity index (χ4v) is 3.62. The molecule has 2 N–H and O–H groups in total. The third kappa shape index (κ3) is 3.95. The Labute approximate surface area is 148 Å². The first-order chi connectivity index (χ1) is 12.2. The number of nitrogens with zero attached hydrogens (tertiary/aromatic N) is 2. The molecule has 2 aliphatic rings. The van der Waals surface area contributed by atoms with Crippen LogP contribution >= 0.6 is 0 Å². The maximum atomic E-state index is 12.1. The number of hydrogen-bond donors (Lipinski definition) is 2. The lowest BCUT2D eigenvalue weighted by Gasteiger charge is -2.30. The number of pyridine rings is 1. The lowest BCUT2D eigenvalue weighted by Crippen LogP contribution is -2.47. The molecular formula is C19H26N4O2. The first-order valence-corrected chi connectivity index (χ1v) is 9.28. The van der Waals surface area contributed by atoms with Gasteiger partial charge in [0.1, 0.15) is 5.65 Å². The summed E-state index contributed by atoms with van der Waals surface area (Å²) in [5.74, 6) is 0.728. The molecule has 2 amide bonds. The molecule has 2 atom stereocenters. The van der Waals surface area contributed by atoms with Gasteiger partial charge in [0, 0.05) is 38.0 Å². The van der Waals surface area contributed by atoms with Crippen LogP contribution in [0.2, 0.25) is 0 Å². The van der Waals surface area contributed by atoms with Crippen LogP contribution in [0.15, 0.2) is 24.5 Å². The van der Waals surface area contributed by atoms with Crippen molar-refractivity contribution in [1.82, 2.24) is 20.0 Å². The van der Waals surface area contributed by atoms with Crippen LogP contribution in [0.1, 0.15) is 36.9 Å². The second kappa shape index (κ2) is 7.04. The number of aromatic nitrogens is 2. The largest absolute Gasteiger partial charge is 0.378 e. The van der Waals surface area contributed by atoms with Crippen molar-refractivity contribution in [3.8, 4) is 0 Å². The van der Waals surface area contributed by atoms with Crippen molar-refractivity contribution in [3.05, 3.63) is 35.8 Å². The lowest BCUT2D eigenvalue weighted by molar-refractivity contribution is -0.00913. The van der Waals surface area contributed by atoms with E-state index in [1.165, 1.54) is 12.8 Å². The fraction of sp³-hybridized carbons (Fsp3) is 0.579. The summed E-state index contributed by atoms with van der Waals surface area (Å²) in [5.41, 5.74) is 3.13. The first kappa shape index (κ1) is 16.4. The van der Waals surface area contributed by atoms with E-state index in [2.05, 4.69) is 28.6 Å². The third-order valence-electron chi connectivity index (χ3n) is 5.19. The summed E-state index contributed by atoms with van der Waals surface area (Å²) in [4.78, 5) is 16.8. The molecule has 1 saturated carbocycles. The van der Waals surface area contributed by atoms with E-state index >= 15 is 0 Å². The van der Waals surface area contributed by atoms with E-state index in [0.29, 0.717) is 12.6 Å². The summed E-state index contributed by atoms with van der Waals surface area (Å²) in [6.07, 6.45) is 9.52. The van der Waals surface area contributed by atoms with Crippen molar-refractivity contribution < 1.29 is 9.53 Å². The summed E-state index contributed by atoms with van der Waals surface area (Å²) < 4.78 is 7.84. The predicted octanol–water partition coefficient (Wildman–Crippen LogP) is 2.44.